The van der Waals surface area contributed by atoms with Gasteiger partial charge in [0.1, 0.15) is 0 Å². The molecule has 0 radical (unpaired) electrons. The van der Waals surface area contributed by atoms with E-state index < -0.39 is 28.4 Å². The number of rotatable bonds is 0. The van der Waals surface area contributed by atoms with E-state index in [1.54, 1.807) is 11.8 Å². The Morgan fingerprint density at radius 2 is 2.07 bits per heavy atom. The van der Waals surface area contributed by atoms with Gasteiger partial charge >= 0.3 is 11.9 Å². The Morgan fingerprint density at radius 3 is 2.77 bits per heavy atom. The van der Waals surface area contributed by atoms with E-state index in [1.807, 2.05) is 0 Å². The van der Waals surface area contributed by atoms with Gasteiger partial charge in [0.25, 0.3) is 5.56 Å². The summed E-state index contributed by atoms with van der Waals surface area (Å²) in [6.07, 6.45) is -1.77. The molecule has 3 aliphatic rings. The first-order valence-corrected chi connectivity index (χ1v) is 9.75. The van der Waals surface area contributed by atoms with Crippen LogP contribution in [0.1, 0.15) is 26.2 Å². The SMILES string of the molecule is Cn1c(=O)[nH]c(=O)c2c1nc1n2CC2(C)C(C(F)(F)F)=CCC3=C2N1CC(N)CC3. The van der Waals surface area contributed by atoms with E-state index in [2.05, 4.69) is 9.97 Å². The van der Waals surface area contributed by atoms with Gasteiger partial charge in [0, 0.05) is 37.4 Å². The second kappa shape index (κ2) is 5.87. The predicted octanol–water partition coefficient (Wildman–Crippen LogP) is 1.52. The minimum Gasteiger partial charge on any atom is -0.326 e. The third kappa shape index (κ3) is 2.41. The minimum atomic E-state index is -4.51. The fourth-order valence-corrected chi connectivity index (χ4v) is 5.22. The first-order valence-electron chi connectivity index (χ1n) is 9.75. The molecule has 160 valence electrons. The molecule has 3 N–H and O–H groups in total. The maximum absolute atomic E-state index is 14.1. The van der Waals surface area contributed by atoms with Crippen LogP contribution in [-0.4, -0.2) is 37.9 Å². The lowest BCUT2D eigenvalue weighted by Crippen LogP contribution is -2.50. The van der Waals surface area contributed by atoms with Crippen LogP contribution in [0.3, 0.4) is 0 Å². The number of nitrogens with two attached hydrogens (primary N) is 1. The molecular formula is C19H21F3N6O2. The number of H-pyrrole nitrogens is 1. The van der Waals surface area contributed by atoms with Gasteiger partial charge in [0.2, 0.25) is 5.95 Å². The fraction of sp³-hybridized carbons (Fsp3) is 0.526. The van der Waals surface area contributed by atoms with Crippen LogP contribution < -0.4 is 21.9 Å². The molecule has 0 aromatic carbocycles. The molecule has 2 unspecified atom stereocenters. The molecule has 2 atom stereocenters. The molecule has 2 aliphatic heterocycles. The Morgan fingerprint density at radius 1 is 1.33 bits per heavy atom. The highest BCUT2D eigenvalue weighted by Crippen LogP contribution is 2.55. The van der Waals surface area contributed by atoms with Gasteiger partial charge in [-0.3, -0.25) is 14.3 Å². The predicted molar refractivity (Wildman–Crippen MR) is 104 cm³/mol. The first-order chi connectivity index (χ1) is 14.0. The normalized spacial score (nSPS) is 26.4. The number of allylic oxidation sites excluding steroid dienone is 3. The van der Waals surface area contributed by atoms with Gasteiger partial charge < -0.3 is 15.2 Å². The quantitative estimate of drug-likeness (QED) is 0.627. The van der Waals surface area contributed by atoms with E-state index in [4.69, 9.17) is 5.73 Å². The van der Waals surface area contributed by atoms with E-state index in [0.29, 0.717) is 24.5 Å². The van der Waals surface area contributed by atoms with Crippen molar-refractivity contribution in [2.24, 2.45) is 18.2 Å². The van der Waals surface area contributed by atoms with Crippen molar-refractivity contribution in [1.82, 2.24) is 19.1 Å². The molecule has 0 fully saturated rings. The first kappa shape index (κ1) is 19.2. The lowest BCUT2D eigenvalue weighted by atomic mass is 9.70. The van der Waals surface area contributed by atoms with Crippen molar-refractivity contribution in [2.75, 3.05) is 11.4 Å². The molecule has 0 spiro atoms. The number of imidazole rings is 1. The summed E-state index contributed by atoms with van der Waals surface area (Å²) in [5.41, 5.74) is 4.66. The standard InChI is InChI=1S/C19H21F3N6O2/c1-18-8-28-12-14(26(2)17(30)25-15(12)29)24-16(28)27-7-10(23)5-3-9(13(18)27)4-6-11(18)19(20,21)22/h6,10H,3-5,7-8,23H2,1-2H3,(H,25,29,30). The molecule has 0 bridgehead atoms. The van der Waals surface area contributed by atoms with Crippen LogP contribution in [-0.2, 0) is 13.6 Å². The van der Waals surface area contributed by atoms with Gasteiger partial charge in [-0.15, -0.1) is 0 Å². The summed E-state index contributed by atoms with van der Waals surface area (Å²) < 4.78 is 44.8. The second-order valence-electron chi connectivity index (χ2n) is 8.50. The van der Waals surface area contributed by atoms with E-state index in [1.165, 1.54) is 22.3 Å². The summed E-state index contributed by atoms with van der Waals surface area (Å²) in [7, 11) is 1.47. The number of aryl methyl sites for hydroxylation is 1. The van der Waals surface area contributed by atoms with Crippen molar-refractivity contribution >= 4 is 17.1 Å². The van der Waals surface area contributed by atoms with Crippen LogP contribution in [0.2, 0.25) is 0 Å². The second-order valence-corrected chi connectivity index (χ2v) is 8.50. The van der Waals surface area contributed by atoms with Crippen molar-refractivity contribution < 1.29 is 13.2 Å². The highest BCUT2D eigenvalue weighted by molar-refractivity contribution is 5.76. The summed E-state index contributed by atoms with van der Waals surface area (Å²) in [4.78, 5) is 33.1. The third-order valence-corrected chi connectivity index (χ3v) is 6.52. The van der Waals surface area contributed by atoms with Gasteiger partial charge in [0.05, 0.1) is 5.41 Å². The number of hydrogen-bond donors (Lipinski definition) is 2. The minimum absolute atomic E-state index is 0.0823. The zero-order valence-electron chi connectivity index (χ0n) is 16.5. The summed E-state index contributed by atoms with van der Waals surface area (Å²) in [6, 6.07) is -0.261. The zero-order valence-corrected chi connectivity index (χ0v) is 16.5. The Hall–Kier alpha value is -2.82. The maximum Gasteiger partial charge on any atom is 0.413 e. The highest BCUT2D eigenvalue weighted by Gasteiger charge is 2.54. The van der Waals surface area contributed by atoms with E-state index in [-0.39, 0.29) is 36.7 Å². The number of halogens is 3. The lowest BCUT2D eigenvalue weighted by molar-refractivity contribution is -0.106. The smallest absolute Gasteiger partial charge is 0.326 e. The number of nitrogens with one attached hydrogen (secondary N) is 1. The van der Waals surface area contributed by atoms with Crippen molar-refractivity contribution in [3.63, 3.8) is 0 Å². The maximum atomic E-state index is 14.1. The van der Waals surface area contributed by atoms with E-state index in [9.17, 15) is 22.8 Å². The fourth-order valence-electron chi connectivity index (χ4n) is 5.22. The highest BCUT2D eigenvalue weighted by atomic mass is 19.4. The molecule has 2 aromatic heterocycles. The van der Waals surface area contributed by atoms with Crippen molar-refractivity contribution in [3.05, 3.63) is 43.8 Å². The van der Waals surface area contributed by atoms with Crippen LogP contribution in [0.25, 0.3) is 11.2 Å². The number of hydrogen-bond acceptors (Lipinski definition) is 5. The molecule has 5 rings (SSSR count). The van der Waals surface area contributed by atoms with Crippen LogP contribution in [0.4, 0.5) is 19.1 Å². The molecule has 30 heavy (non-hydrogen) atoms. The number of fused-ring (bicyclic) bond motifs is 4. The Kier molecular flexibility index (Phi) is 3.75. The molecule has 0 amide bonds. The van der Waals surface area contributed by atoms with Crippen LogP contribution in [0.5, 0.6) is 0 Å². The monoisotopic (exact) mass is 422 g/mol. The lowest BCUT2D eigenvalue weighted by Gasteiger charge is -2.48. The van der Waals surface area contributed by atoms with Crippen LogP contribution in [0.15, 0.2) is 32.5 Å². The van der Waals surface area contributed by atoms with Crippen molar-refractivity contribution in [3.8, 4) is 0 Å². The number of nitrogens with zero attached hydrogens (tertiary/aromatic N) is 4. The van der Waals surface area contributed by atoms with Crippen LogP contribution >= 0.6 is 0 Å². The summed E-state index contributed by atoms with van der Waals surface area (Å²) in [6.45, 7) is 1.75. The van der Waals surface area contributed by atoms with Crippen molar-refractivity contribution in [2.45, 2.75) is 44.9 Å². The third-order valence-electron chi connectivity index (χ3n) is 6.52. The molecule has 8 nitrogen and oxygen atoms in total. The Balaban J connectivity index is 1.87. The molecule has 2 aromatic rings. The zero-order chi connectivity index (χ0) is 21.6. The largest absolute Gasteiger partial charge is 0.413 e. The van der Waals surface area contributed by atoms with E-state index in [0.717, 1.165) is 5.57 Å². The molecular weight excluding hydrogens is 401 g/mol. The molecule has 0 saturated carbocycles. The summed E-state index contributed by atoms with van der Waals surface area (Å²) >= 11 is 0. The van der Waals surface area contributed by atoms with Gasteiger partial charge in [-0.1, -0.05) is 6.08 Å². The number of alkyl halides is 3. The number of aromatic nitrogens is 4. The average molecular weight is 422 g/mol. The Bertz CT molecular complexity index is 1260. The molecule has 1 aliphatic carbocycles. The van der Waals surface area contributed by atoms with Gasteiger partial charge in [0.15, 0.2) is 11.2 Å². The number of aromatic amines is 1. The van der Waals surface area contributed by atoms with E-state index >= 15 is 0 Å². The Labute approximate surface area is 168 Å². The average Bonchev–Trinajstić information content (AvgIpc) is 2.92. The molecule has 0 saturated heterocycles. The van der Waals surface area contributed by atoms with Gasteiger partial charge in [-0.05, 0) is 31.8 Å². The number of anilines is 1. The van der Waals surface area contributed by atoms with Gasteiger partial charge in [-0.25, -0.2) is 4.79 Å². The van der Waals surface area contributed by atoms with Crippen molar-refractivity contribution in [1.29, 1.82) is 0 Å². The molecule has 11 heteroatoms. The molecule has 4 heterocycles. The summed E-state index contributed by atoms with van der Waals surface area (Å²) in [5.74, 6) is 0.349. The summed E-state index contributed by atoms with van der Waals surface area (Å²) in [5, 5.41) is 0. The van der Waals surface area contributed by atoms with Crippen LogP contribution in [0, 0.1) is 5.41 Å². The van der Waals surface area contributed by atoms with Gasteiger partial charge in [-0.2, -0.15) is 18.2 Å². The topological polar surface area (TPSA) is 102 Å².